The Balaban J connectivity index is 2.14. The summed E-state index contributed by atoms with van der Waals surface area (Å²) in [4.78, 5) is 40.3. The molecule has 0 aromatic heterocycles. The minimum absolute atomic E-state index is 0.0451. The number of carbonyl (C=O) groups excluding carboxylic acids is 3. The molecular weight excluding hydrogens is 320 g/mol. The summed E-state index contributed by atoms with van der Waals surface area (Å²) in [5.74, 6) is -0.817. The minimum atomic E-state index is -0.446. The fraction of sp³-hybridized carbons (Fsp3) is 0.526. The molecule has 136 valence electrons. The zero-order valence-corrected chi connectivity index (χ0v) is 15.2. The van der Waals surface area contributed by atoms with Crippen molar-refractivity contribution in [3.8, 4) is 0 Å². The van der Waals surface area contributed by atoms with Crippen molar-refractivity contribution >= 4 is 23.5 Å². The molecule has 1 saturated heterocycles. The predicted molar refractivity (Wildman–Crippen MR) is 95.4 cm³/mol. The molecule has 1 aromatic rings. The molecule has 2 rings (SSSR count). The molecular formula is C19H26N2O4. The van der Waals surface area contributed by atoms with E-state index in [1.54, 1.807) is 29.2 Å². The molecule has 1 aliphatic heterocycles. The number of hydrogen-bond donors (Lipinski definition) is 0. The quantitative estimate of drug-likeness (QED) is 0.712. The van der Waals surface area contributed by atoms with E-state index >= 15 is 0 Å². The average Bonchev–Trinajstić information content (AvgIpc) is 3.02. The highest BCUT2D eigenvalue weighted by molar-refractivity contribution is 6.01. The first-order chi connectivity index (χ1) is 12.0. The van der Waals surface area contributed by atoms with Crippen LogP contribution in [0.5, 0.6) is 0 Å². The smallest absolute Gasteiger partial charge is 0.337 e. The number of anilines is 1. The molecule has 1 aromatic carbocycles. The molecule has 0 saturated carbocycles. The SMILES string of the molecule is CCCN(CCC)C(=O)C1CC(=O)N(c2cccc(C(=O)OC)c2)C1. The van der Waals surface area contributed by atoms with E-state index in [4.69, 9.17) is 4.74 Å². The zero-order chi connectivity index (χ0) is 18.4. The molecule has 1 heterocycles. The molecule has 1 fully saturated rings. The molecule has 2 amide bonds. The van der Waals surface area contributed by atoms with Gasteiger partial charge in [0.15, 0.2) is 0 Å². The lowest BCUT2D eigenvalue weighted by Crippen LogP contribution is -2.38. The Hall–Kier alpha value is -2.37. The maximum Gasteiger partial charge on any atom is 0.337 e. The van der Waals surface area contributed by atoms with E-state index < -0.39 is 5.97 Å². The minimum Gasteiger partial charge on any atom is -0.465 e. The zero-order valence-electron chi connectivity index (χ0n) is 15.2. The van der Waals surface area contributed by atoms with Crippen LogP contribution in [0, 0.1) is 5.92 Å². The van der Waals surface area contributed by atoms with Crippen molar-refractivity contribution in [3.05, 3.63) is 29.8 Å². The number of carbonyl (C=O) groups is 3. The maximum absolute atomic E-state index is 12.7. The third-order valence-electron chi connectivity index (χ3n) is 4.35. The third-order valence-corrected chi connectivity index (χ3v) is 4.35. The van der Waals surface area contributed by atoms with Crippen LogP contribution in [-0.4, -0.2) is 49.4 Å². The van der Waals surface area contributed by atoms with Crippen LogP contribution in [0.15, 0.2) is 24.3 Å². The van der Waals surface area contributed by atoms with Gasteiger partial charge in [0.2, 0.25) is 11.8 Å². The molecule has 0 radical (unpaired) electrons. The van der Waals surface area contributed by atoms with Gasteiger partial charge in [-0.1, -0.05) is 19.9 Å². The summed E-state index contributed by atoms with van der Waals surface area (Å²) in [6.45, 7) is 5.87. The van der Waals surface area contributed by atoms with Gasteiger partial charge in [-0.2, -0.15) is 0 Å². The highest BCUT2D eigenvalue weighted by atomic mass is 16.5. The van der Waals surface area contributed by atoms with Crippen molar-refractivity contribution in [1.29, 1.82) is 0 Å². The fourth-order valence-corrected chi connectivity index (χ4v) is 3.17. The molecule has 0 N–H and O–H groups in total. The lowest BCUT2D eigenvalue weighted by atomic mass is 10.1. The molecule has 1 atom stereocenters. The molecule has 1 aliphatic rings. The Labute approximate surface area is 148 Å². The summed E-state index contributed by atoms with van der Waals surface area (Å²) in [5, 5.41) is 0. The number of hydrogen-bond acceptors (Lipinski definition) is 4. The van der Waals surface area contributed by atoms with Gasteiger partial charge in [-0.05, 0) is 31.0 Å². The topological polar surface area (TPSA) is 66.9 Å². The third kappa shape index (κ3) is 4.38. The molecule has 0 bridgehead atoms. The molecule has 6 nitrogen and oxygen atoms in total. The second-order valence-electron chi connectivity index (χ2n) is 6.27. The van der Waals surface area contributed by atoms with Crippen LogP contribution in [0.2, 0.25) is 0 Å². The van der Waals surface area contributed by atoms with E-state index in [0.717, 1.165) is 25.9 Å². The Kier molecular flexibility index (Phi) is 6.56. The molecule has 1 unspecified atom stereocenters. The Bertz CT molecular complexity index is 638. The predicted octanol–water partition coefficient (Wildman–Crippen LogP) is 2.47. The summed E-state index contributed by atoms with van der Waals surface area (Å²) < 4.78 is 4.72. The number of methoxy groups -OCH3 is 1. The van der Waals surface area contributed by atoms with Gasteiger partial charge in [0.25, 0.3) is 0 Å². The Morgan fingerprint density at radius 2 is 1.92 bits per heavy atom. The van der Waals surface area contributed by atoms with Crippen molar-refractivity contribution in [2.45, 2.75) is 33.1 Å². The number of nitrogens with zero attached hydrogens (tertiary/aromatic N) is 2. The molecule has 0 aliphatic carbocycles. The number of amides is 2. The lowest BCUT2D eigenvalue weighted by Gasteiger charge is -2.25. The first kappa shape index (κ1) is 19.0. The van der Waals surface area contributed by atoms with Crippen LogP contribution in [0.3, 0.4) is 0 Å². The summed E-state index contributed by atoms with van der Waals surface area (Å²) in [7, 11) is 1.32. The van der Waals surface area contributed by atoms with Gasteiger partial charge < -0.3 is 14.5 Å². The van der Waals surface area contributed by atoms with Crippen LogP contribution >= 0.6 is 0 Å². The summed E-state index contributed by atoms with van der Waals surface area (Å²) in [6.07, 6.45) is 2.01. The van der Waals surface area contributed by atoms with E-state index in [9.17, 15) is 14.4 Å². The van der Waals surface area contributed by atoms with Gasteiger partial charge in [0, 0.05) is 31.7 Å². The molecule has 0 spiro atoms. The lowest BCUT2D eigenvalue weighted by molar-refractivity contribution is -0.135. The number of rotatable bonds is 7. The monoisotopic (exact) mass is 346 g/mol. The normalized spacial score (nSPS) is 16.8. The number of esters is 1. The van der Waals surface area contributed by atoms with Gasteiger partial charge >= 0.3 is 5.97 Å². The van der Waals surface area contributed by atoms with Gasteiger partial charge in [0.1, 0.15) is 0 Å². The van der Waals surface area contributed by atoms with Crippen LogP contribution in [0.25, 0.3) is 0 Å². The van der Waals surface area contributed by atoms with Gasteiger partial charge in [-0.25, -0.2) is 4.79 Å². The Morgan fingerprint density at radius 1 is 1.24 bits per heavy atom. The number of ether oxygens (including phenoxy) is 1. The maximum atomic E-state index is 12.7. The van der Waals surface area contributed by atoms with E-state index in [2.05, 4.69) is 0 Å². The van der Waals surface area contributed by atoms with Gasteiger partial charge in [-0.3, -0.25) is 9.59 Å². The first-order valence-corrected chi connectivity index (χ1v) is 8.79. The van der Waals surface area contributed by atoms with E-state index in [-0.39, 0.29) is 24.2 Å². The van der Waals surface area contributed by atoms with Crippen LogP contribution in [0.4, 0.5) is 5.69 Å². The second-order valence-corrected chi connectivity index (χ2v) is 6.27. The largest absolute Gasteiger partial charge is 0.465 e. The van der Waals surface area contributed by atoms with Gasteiger partial charge in [0.05, 0.1) is 18.6 Å². The standard InChI is InChI=1S/C19H26N2O4/c1-4-9-20(10-5-2)18(23)15-12-17(22)21(13-15)16-8-6-7-14(11-16)19(24)25-3/h6-8,11,15H,4-5,9-10,12-13H2,1-3H3. The van der Waals surface area contributed by atoms with Crippen LogP contribution in [0.1, 0.15) is 43.5 Å². The number of benzene rings is 1. The van der Waals surface area contributed by atoms with Crippen molar-refractivity contribution in [3.63, 3.8) is 0 Å². The summed E-state index contributed by atoms with van der Waals surface area (Å²) in [6, 6.07) is 6.76. The van der Waals surface area contributed by atoms with Crippen molar-refractivity contribution < 1.29 is 19.1 Å². The second kappa shape index (κ2) is 8.65. The molecule has 25 heavy (non-hydrogen) atoms. The summed E-state index contributed by atoms with van der Waals surface area (Å²) in [5.41, 5.74) is 1.02. The summed E-state index contributed by atoms with van der Waals surface area (Å²) >= 11 is 0. The first-order valence-electron chi connectivity index (χ1n) is 8.79. The molecule has 6 heteroatoms. The van der Waals surface area contributed by atoms with Crippen molar-refractivity contribution in [1.82, 2.24) is 4.90 Å². The highest BCUT2D eigenvalue weighted by Gasteiger charge is 2.37. The van der Waals surface area contributed by atoms with Crippen molar-refractivity contribution in [2.75, 3.05) is 31.6 Å². The van der Waals surface area contributed by atoms with Gasteiger partial charge in [-0.15, -0.1) is 0 Å². The van der Waals surface area contributed by atoms with E-state index in [1.807, 2.05) is 18.7 Å². The average molecular weight is 346 g/mol. The van der Waals surface area contributed by atoms with E-state index in [0.29, 0.717) is 17.8 Å². The van der Waals surface area contributed by atoms with Crippen molar-refractivity contribution in [2.24, 2.45) is 5.92 Å². The fourth-order valence-electron chi connectivity index (χ4n) is 3.17. The van der Waals surface area contributed by atoms with Crippen LogP contribution < -0.4 is 4.90 Å². The van der Waals surface area contributed by atoms with E-state index in [1.165, 1.54) is 7.11 Å². The Morgan fingerprint density at radius 3 is 2.52 bits per heavy atom. The highest BCUT2D eigenvalue weighted by Crippen LogP contribution is 2.27. The van der Waals surface area contributed by atoms with Crippen LogP contribution in [-0.2, 0) is 14.3 Å².